The molecule has 2 fully saturated rings. The van der Waals surface area contributed by atoms with Crippen molar-refractivity contribution < 1.29 is 65.6 Å². The predicted molar refractivity (Wildman–Crippen MR) is 161 cm³/mol. The number of carbonyl (C=O) groups is 5. The molecular formula is C34H36F3NO11. The number of hydrogen-bond acceptors (Lipinski definition) is 11. The van der Waals surface area contributed by atoms with Crippen LogP contribution in [0.15, 0.2) is 42.5 Å². The highest BCUT2D eigenvalue weighted by Crippen LogP contribution is 2.65. The smallest absolute Gasteiger partial charge is 0.432 e. The first kappa shape index (κ1) is 35.6. The van der Waals surface area contributed by atoms with E-state index in [1.165, 1.54) is 45.4 Å². The summed E-state index contributed by atoms with van der Waals surface area (Å²) in [7, 11) is 3.38. The minimum atomic E-state index is -5.43. The number of ether oxygens (including phenoxy) is 6. The number of alkyl halides is 3. The van der Waals surface area contributed by atoms with Crippen LogP contribution < -0.4 is 9.47 Å². The molecule has 3 aliphatic rings. The summed E-state index contributed by atoms with van der Waals surface area (Å²) in [5, 5.41) is 0. The maximum absolute atomic E-state index is 15.0. The second-order valence-electron chi connectivity index (χ2n) is 11.8. The Morgan fingerprint density at radius 1 is 0.939 bits per heavy atom. The molecule has 0 N–H and O–H groups in total. The van der Waals surface area contributed by atoms with Crippen LogP contribution in [0.4, 0.5) is 13.2 Å². The van der Waals surface area contributed by atoms with Gasteiger partial charge in [0.2, 0.25) is 0 Å². The maximum atomic E-state index is 15.0. The number of Topliss-reactive ketones (excluding diaryl/α,β-unsaturated/α-hetero) is 1. The molecule has 5 atom stereocenters. The molecule has 0 radical (unpaired) electrons. The number of benzene rings is 2. The highest BCUT2D eigenvalue weighted by molar-refractivity contribution is 6.04. The van der Waals surface area contributed by atoms with E-state index in [2.05, 4.69) is 0 Å². The standard InChI is InChI=1S/C34H36F3NO11/c1-6-47-28(41)23-15-19-16-24(44-3)25(45-4)17-22(19)32-14-13-21(39)18-31(32,29(42)48-7-2)26(27(40)38(23)32)49-30(43)33(46-5,34(35,36)37)20-11-9-8-10-12-20/h8-12,16-17,23,26H,6-7,13-15,18H2,1-5H3/t23-,26-,31+,32-,33-/m0/s1. The minimum Gasteiger partial charge on any atom is -0.493 e. The van der Waals surface area contributed by atoms with Crippen LogP contribution >= 0.6 is 0 Å². The Bertz CT molecular complexity index is 1660. The van der Waals surface area contributed by atoms with Gasteiger partial charge in [-0.05, 0) is 43.5 Å². The number of carbonyl (C=O) groups excluding carboxylic acids is 5. The van der Waals surface area contributed by atoms with Gasteiger partial charge in [0.15, 0.2) is 17.6 Å². The van der Waals surface area contributed by atoms with Crippen molar-refractivity contribution in [3.63, 3.8) is 0 Å². The molecule has 1 spiro atoms. The molecule has 0 unspecified atom stereocenters. The van der Waals surface area contributed by atoms with Crippen LogP contribution in [0.1, 0.15) is 49.8 Å². The van der Waals surface area contributed by atoms with Gasteiger partial charge in [-0.3, -0.25) is 14.4 Å². The summed E-state index contributed by atoms with van der Waals surface area (Å²) < 4.78 is 77.3. The van der Waals surface area contributed by atoms with Gasteiger partial charge in [0.05, 0.1) is 33.0 Å². The number of amides is 1. The van der Waals surface area contributed by atoms with Gasteiger partial charge in [-0.15, -0.1) is 0 Å². The Morgan fingerprint density at radius 3 is 2.14 bits per heavy atom. The average molecular weight is 692 g/mol. The SMILES string of the molecule is CCOC(=O)[C@@H]1Cc2cc(OC)c(OC)cc2[C@@]23CCC(=O)C[C@]2(C(=O)OCC)[C@@H](OC(=O)[C@@](OC)(c2ccccc2)C(F)(F)F)C(=O)N13. The van der Waals surface area contributed by atoms with Crippen molar-refractivity contribution in [1.29, 1.82) is 0 Å². The van der Waals surface area contributed by atoms with E-state index in [0.717, 1.165) is 17.0 Å². The zero-order valence-corrected chi connectivity index (χ0v) is 27.5. The number of fused-ring (bicyclic) bond motifs is 1. The molecule has 49 heavy (non-hydrogen) atoms. The van der Waals surface area contributed by atoms with E-state index in [0.29, 0.717) is 12.7 Å². The van der Waals surface area contributed by atoms with Crippen molar-refractivity contribution in [2.24, 2.45) is 5.41 Å². The lowest BCUT2D eigenvalue weighted by Crippen LogP contribution is -2.66. The van der Waals surface area contributed by atoms with Crippen LogP contribution in [0.3, 0.4) is 0 Å². The van der Waals surface area contributed by atoms with Gasteiger partial charge in [0.25, 0.3) is 11.5 Å². The summed E-state index contributed by atoms with van der Waals surface area (Å²) in [5.41, 5.74) is -8.19. The van der Waals surface area contributed by atoms with Crippen LogP contribution in [-0.2, 0) is 60.5 Å². The summed E-state index contributed by atoms with van der Waals surface area (Å²) in [4.78, 5) is 71.4. The molecule has 12 nitrogen and oxygen atoms in total. The summed E-state index contributed by atoms with van der Waals surface area (Å²) in [6.07, 6.45) is -9.24. The molecule has 1 aliphatic carbocycles. The number of esters is 3. The van der Waals surface area contributed by atoms with Gasteiger partial charge in [-0.1, -0.05) is 30.3 Å². The third kappa shape index (κ3) is 5.03. The van der Waals surface area contributed by atoms with E-state index in [1.807, 2.05) is 0 Å². The van der Waals surface area contributed by atoms with Gasteiger partial charge in [-0.25, -0.2) is 9.59 Å². The largest absolute Gasteiger partial charge is 0.493 e. The third-order valence-electron chi connectivity index (χ3n) is 9.68. The lowest BCUT2D eigenvalue weighted by atomic mass is 9.55. The van der Waals surface area contributed by atoms with E-state index in [4.69, 9.17) is 28.4 Å². The highest BCUT2D eigenvalue weighted by atomic mass is 19.4. The van der Waals surface area contributed by atoms with Crippen molar-refractivity contribution in [1.82, 2.24) is 4.90 Å². The fraction of sp³-hybridized carbons (Fsp3) is 0.500. The van der Waals surface area contributed by atoms with Crippen LogP contribution in [0, 0.1) is 5.41 Å². The molecule has 1 saturated heterocycles. The number of methoxy groups -OCH3 is 3. The predicted octanol–water partition coefficient (Wildman–Crippen LogP) is 3.55. The van der Waals surface area contributed by atoms with E-state index in [1.54, 1.807) is 13.0 Å². The van der Waals surface area contributed by atoms with E-state index in [9.17, 15) is 37.1 Å². The Balaban J connectivity index is 1.84. The Labute approximate surface area is 279 Å². The summed E-state index contributed by atoms with van der Waals surface area (Å²) in [6, 6.07) is 7.51. The molecule has 264 valence electrons. The fourth-order valence-electron chi connectivity index (χ4n) is 7.72. The summed E-state index contributed by atoms with van der Waals surface area (Å²) in [5.74, 6) is -5.47. The molecule has 2 aromatic rings. The lowest BCUT2D eigenvalue weighted by molar-refractivity contribution is -0.279. The van der Waals surface area contributed by atoms with Crippen molar-refractivity contribution in [2.45, 2.75) is 69.0 Å². The summed E-state index contributed by atoms with van der Waals surface area (Å²) in [6.45, 7) is 2.64. The van der Waals surface area contributed by atoms with Gasteiger partial charge in [0, 0.05) is 31.9 Å². The van der Waals surface area contributed by atoms with Crippen molar-refractivity contribution in [3.05, 3.63) is 59.2 Å². The topological polar surface area (TPSA) is 144 Å². The molecule has 0 aromatic heterocycles. The van der Waals surface area contributed by atoms with Crippen molar-refractivity contribution in [3.8, 4) is 11.5 Å². The Kier molecular flexibility index (Phi) is 9.45. The minimum absolute atomic E-state index is 0.0951. The first-order valence-electron chi connectivity index (χ1n) is 15.6. The molecule has 2 heterocycles. The molecule has 5 rings (SSSR count). The second kappa shape index (κ2) is 13.0. The number of halogens is 3. The molecular weight excluding hydrogens is 655 g/mol. The van der Waals surface area contributed by atoms with Gasteiger partial charge in [0.1, 0.15) is 17.2 Å². The second-order valence-corrected chi connectivity index (χ2v) is 11.8. The lowest BCUT2D eigenvalue weighted by Gasteiger charge is -2.55. The number of rotatable bonds is 10. The fourth-order valence-corrected chi connectivity index (χ4v) is 7.72. The van der Waals surface area contributed by atoms with E-state index in [-0.39, 0.29) is 49.5 Å². The van der Waals surface area contributed by atoms with E-state index < -0.39 is 76.5 Å². The average Bonchev–Trinajstić information content (AvgIpc) is 3.29. The van der Waals surface area contributed by atoms with Crippen molar-refractivity contribution in [2.75, 3.05) is 34.5 Å². The zero-order valence-electron chi connectivity index (χ0n) is 27.5. The summed E-state index contributed by atoms with van der Waals surface area (Å²) >= 11 is 0. The molecule has 1 amide bonds. The first-order valence-corrected chi connectivity index (χ1v) is 15.6. The van der Waals surface area contributed by atoms with E-state index >= 15 is 0 Å². The Hall–Kier alpha value is -4.66. The number of nitrogens with zero attached hydrogens (tertiary/aromatic N) is 1. The van der Waals surface area contributed by atoms with Crippen LogP contribution in [-0.4, -0.2) is 87.4 Å². The molecule has 2 aliphatic heterocycles. The molecule has 2 aromatic carbocycles. The first-order chi connectivity index (χ1) is 23.2. The molecule has 15 heteroatoms. The quantitative estimate of drug-likeness (QED) is 0.267. The van der Waals surface area contributed by atoms with Gasteiger partial charge in [-0.2, -0.15) is 13.2 Å². The van der Waals surface area contributed by atoms with Crippen LogP contribution in [0.25, 0.3) is 0 Å². The third-order valence-corrected chi connectivity index (χ3v) is 9.68. The highest BCUT2D eigenvalue weighted by Gasteiger charge is 2.80. The van der Waals surface area contributed by atoms with Gasteiger partial charge >= 0.3 is 24.1 Å². The van der Waals surface area contributed by atoms with Crippen molar-refractivity contribution >= 4 is 29.6 Å². The zero-order chi connectivity index (χ0) is 35.9. The monoisotopic (exact) mass is 691 g/mol. The van der Waals surface area contributed by atoms with Crippen LogP contribution in [0.5, 0.6) is 11.5 Å². The number of hydrogen-bond donors (Lipinski definition) is 0. The Morgan fingerprint density at radius 2 is 1.57 bits per heavy atom. The molecule has 1 saturated carbocycles. The number of ketones is 1. The molecule has 0 bridgehead atoms. The maximum Gasteiger partial charge on any atom is 0.432 e. The van der Waals surface area contributed by atoms with Gasteiger partial charge < -0.3 is 33.3 Å². The van der Waals surface area contributed by atoms with Crippen LogP contribution in [0.2, 0.25) is 0 Å². The normalized spacial score (nSPS) is 25.7.